The van der Waals surface area contributed by atoms with Crippen molar-refractivity contribution in [3.63, 3.8) is 0 Å². The number of rotatable bonds is 2. The van der Waals surface area contributed by atoms with Crippen LogP contribution in [0.25, 0.3) is 0 Å². The van der Waals surface area contributed by atoms with Gasteiger partial charge in [-0.15, -0.1) is 0 Å². The van der Waals surface area contributed by atoms with E-state index in [1.807, 2.05) is 0 Å². The maximum absolute atomic E-state index is 9.95. The highest BCUT2D eigenvalue weighted by atomic mass is 35.5. The fraction of sp³-hybridized carbons (Fsp3) is 0.600. The summed E-state index contributed by atoms with van der Waals surface area (Å²) in [5.41, 5.74) is 0. The van der Waals surface area contributed by atoms with Crippen LogP contribution < -0.4 is 0 Å². The maximum Gasteiger partial charge on any atom is 0.193 e. The summed E-state index contributed by atoms with van der Waals surface area (Å²) in [6.45, 7) is 1.44. The highest BCUT2D eigenvalue weighted by Gasteiger charge is 2.25. The molecule has 1 fully saturated rings. The Bertz CT molecular complexity index is 291. The van der Waals surface area contributed by atoms with Crippen LogP contribution in [0.3, 0.4) is 0 Å². The van der Waals surface area contributed by atoms with E-state index in [1.165, 1.54) is 0 Å². The smallest absolute Gasteiger partial charge is 0.193 e. The lowest BCUT2D eigenvalue weighted by Gasteiger charge is -2.25. The number of hydrogen-bond donors (Lipinski definition) is 1. The van der Waals surface area contributed by atoms with Crippen molar-refractivity contribution in [1.29, 1.82) is 0 Å². The molecule has 0 spiro atoms. The van der Waals surface area contributed by atoms with Crippen LogP contribution in [0.2, 0.25) is 5.22 Å². The van der Waals surface area contributed by atoms with Gasteiger partial charge < -0.3 is 14.3 Å². The molecule has 1 N–H and O–H groups in total. The van der Waals surface area contributed by atoms with E-state index >= 15 is 0 Å². The molecule has 1 atom stereocenters. The summed E-state index contributed by atoms with van der Waals surface area (Å²) in [5, 5.41) is 10.3. The lowest BCUT2D eigenvalue weighted by atomic mass is 9.92. The lowest BCUT2D eigenvalue weighted by Crippen LogP contribution is -2.21. The molecule has 0 aliphatic carbocycles. The topological polar surface area (TPSA) is 42.6 Å². The summed E-state index contributed by atoms with van der Waals surface area (Å²) in [6, 6.07) is 3.38. The second-order valence-corrected chi connectivity index (χ2v) is 3.91. The molecule has 1 aromatic rings. The molecule has 1 unspecified atom stereocenters. The van der Waals surface area contributed by atoms with Crippen LogP contribution in [0.4, 0.5) is 0 Å². The van der Waals surface area contributed by atoms with Crippen molar-refractivity contribution in [2.75, 3.05) is 13.2 Å². The SMILES string of the molecule is OC(c1ccc(Cl)o1)C1CCOCC1. The molecule has 1 aliphatic rings. The quantitative estimate of drug-likeness (QED) is 0.826. The molecule has 0 radical (unpaired) electrons. The van der Waals surface area contributed by atoms with Crippen molar-refractivity contribution in [2.24, 2.45) is 5.92 Å². The number of hydrogen-bond acceptors (Lipinski definition) is 3. The summed E-state index contributed by atoms with van der Waals surface area (Å²) < 4.78 is 10.4. The molecule has 1 saturated heterocycles. The molecule has 78 valence electrons. The average Bonchev–Trinajstić information content (AvgIpc) is 2.65. The fourth-order valence-electron chi connectivity index (χ4n) is 1.75. The predicted molar refractivity (Wildman–Crippen MR) is 52.2 cm³/mol. The van der Waals surface area contributed by atoms with E-state index in [1.54, 1.807) is 12.1 Å². The Morgan fingerprint density at radius 1 is 1.36 bits per heavy atom. The summed E-state index contributed by atoms with van der Waals surface area (Å²) in [6.07, 6.45) is 1.20. The van der Waals surface area contributed by atoms with E-state index in [0.29, 0.717) is 11.0 Å². The van der Waals surface area contributed by atoms with Crippen molar-refractivity contribution < 1.29 is 14.3 Å². The van der Waals surface area contributed by atoms with Crippen LogP contribution in [0.1, 0.15) is 24.7 Å². The Balaban J connectivity index is 2.03. The first-order valence-corrected chi connectivity index (χ1v) is 5.16. The maximum atomic E-state index is 9.95. The zero-order valence-electron chi connectivity index (χ0n) is 7.78. The van der Waals surface area contributed by atoms with E-state index in [4.69, 9.17) is 20.8 Å². The fourth-order valence-corrected chi connectivity index (χ4v) is 1.90. The number of furan rings is 1. The van der Waals surface area contributed by atoms with Gasteiger partial charge in [-0.3, -0.25) is 0 Å². The van der Waals surface area contributed by atoms with Crippen molar-refractivity contribution in [2.45, 2.75) is 18.9 Å². The average molecular weight is 217 g/mol. The zero-order valence-corrected chi connectivity index (χ0v) is 8.54. The van der Waals surface area contributed by atoms with Gasteiger partial charge in [0.25, 0.3) is 0 Å². The van der Waals surface area contributed by atoms with Crippen LogP contribution in [0.15, 0.2) is 16.5 Å². The van der Waals surface area contributed by atoms with Crippen LogP contribution in [-0.4, -0.2) is 18.3 Å². The van der Waals surface area contributed by atoms with Gasteiger partial charge in [-0.1, -0.05) is 0 Å². The summed E-state index contributed by atoms with van der Waals surface area (Å²) in [4.78, 5) is 0. The first-order chi connectivity index (χ1) is 6.77. The molecular weight excluding hydrogens is 204 g/mol. The van der Waals surface area contributed by atoms with Crippen LogP contribution in [0, 0.1) is 5.92 Å². The van der Waals surface area contributed by atoms with Gasteiger partial charge in [-0.2, -0.15) is 0 Å². The molecule has 0 amide bonds. The van der Waals surface area contributed by atoms with Crippen LogP contribution in [-0.2, 0) is 4.74 Å². The second-order valence-electron chi connectivity index (χ2n) is 3.54. The van der Waals surface area contributed by atoms with Gasteiger partial charge in [0.15, 0.2) is 5.22 Å². The van der Waals surface area contributed by atoms with Gasteiger partial charge in [-0.05, 0) is 42.5 Å². The number of aliphatic hydroxyl groups excluding tert-OH is 1. The molecule has 2 heterocycles. The summed E-state index contributed by atoms with van der Waals surface area (Å²) in [7, 11) is 0. The molecule has 14 heavy (non-hydrogen) atoms. The van der Waals surface area contributed by atoms with E-state index in [0.717, 1.165) is 26.1 Å². The highest BCUT2D eigenvalue weighted by Crippen LogP contribution is 2.31. The number of aliphatic hydroxyl groups is 1. The molecule has 1 aromatic heterocycles. The Hall–Kier alpha value is -0.510. The minimum Gasteiger partial charge on any atom is -0.447 e. The predicted octanol–water partition coefficient (Wildman–Crippen LogP) is 2.39. The van der Waals surface area contributed by atoms with Crippen LogP contribution >= 0.6 is 11.6 Å². The van der Waals surface area contributed by atoms with Gasteiger partial charge in [0.2, 0.25) is 0 Å². The Labute approximate surface area is 87.6 Å². The molecule has 3 nitrogen and oxygen atoms in total. The van der Waals surface area contributed by atoms with E-state index in [2.05, 4.69) is 0 Å². The van der Waals surface area contributed by atoms with Gasteiger partial charge in [0, 0.05) is 13.2 Å². The third kappa shape index (κ3) is 2.11. The molecule has 0 bridgehead atoms. The summed E-state index contributed by atoms with van der Waals surface area (Å²) in [5.74, 6) is 0.785. The van der Waals surface area contributed by atoms with Gasteiger partial charge in [0.1, 0.15) is 11.9 Å². The first kappa shape index (κ1) is 10.0. The van der Waals surface area contributed by atoms with Crippen molar-refractivity contribution in [1.82, 2.24) is 0 Å². The molecular formula is C10H13ClO3. The van der Waals surface area contributed by atoms with E-state index in [9.17, 15) is 5.11 Å². The van der Waals surface area contributed by atoms with Crippen LogP contribution in [0.5, 0.6) is 0 Å². The standard InChI is InChI=1S/C10H13ClO3/c11-9-2-1-8(14-9)10(12)7-3-5-13-6-4-7/h1-2,7,10,12H,3-6H2. The zero-order chi connectivity index (χ0) is 9.97. The van der Waals surface area contributed by atoms with E-state index in [-0.39, 0.29) is 5.92 Å². The Kier molecular flexibility index (Phi) is 3.11. The largest absolute Gasteiger partial charge is 0.447 e. The van der Waals surface area contributed by atoms with Gasteiger partial charge in [0.05, 0.1) is 0 Å². The van der Waals surface area contributed by atoms with E-state index < -0.39 is 6.10 Å². The van der Waals surface area contributed by atoms with Crippen molar-refractivity contribution in [3.8, 4) is 0 Å². The third-order valence-electron chi connectivity index (χ3n) is 2.60. The Morgan fingerprint density at radius 3 is 2.64 bits per heavy atom. The third-order valence-corrected chi connectivity index (χ3v) is 2.80. The first-order valence-electron chi connectivity index (χ1n) is 4.78. The monoisotopic (exact) mass is 216 g/mol. The molecule has 1 aliphatic heterocycles. The number of halogens is 1. The summed E-state index contributed by atoms with van der Waals surface area (Å²) >= 11 is 5.64. The molecule has 0 aromatic carbocycles. The number of ether oxygens (including phenoxy) is 1. The second kappa shape index (κ2) is 4.34. The van der Waals surface area contributed by atoms with Gasteiger partial charge >= 0.3 is 0 Å². The molecule has 2 rings (SSSR count). The van der Waals surface area contributed by atoms with Crippen molar-refractivity contribution >= 4 is 11.6 Å². The minimum atomic E-state index is -0.550. The van der Waals surface area contributed by atoms with Gasteiger partial charge in [-0.25, -0.2) is 0 Å². The Morgan fingerprint density at radius 2 is 2.07 bits per heavy atom. The molecule has 4 heteroatoms. The lowest BCUT2D eigenvalue weighted by molar-refractivity contribution is -0.00103. The highest BCUT2D eigenvalue weighted by molar-refractivity contribution is 6.28. The normalized spacial score (nSPS) is 21.0. The van der Waals surface area contributed by atoms with Crippen molar-refractivity contribution in [3.05, 3.63) is 23.1 Å². The molecule has 0 saturated carbocycles. The minimum absolute atomic E-state index is 0.228.